The van der Waals surface area contributed by atoms with Crippen LogP contribution >= 0.6 is 11.6 Å². The second kappa shape index (κ2) is 11.1. The van der Waals surface area contributed by atoms with Crippen LogP contribution in [0.2, 0.25) is 5.02 Å². The second-order valence-corrected chi connectivity index (χ2v) is 14.2. The van der Waals surface area contributed by atoms with Crippen molar-refractivity contribution >= 4 is 50.5 Å². The number of aromatic nitrogens is 1. The van der Waals surface area contributed by atoms with E-state index in [1.54, 1.807) is 0 Å². The highest BCUT2D eigenvalue weighted by Crippen LogP contribution is 2.65. The molecule has 0 fully saturated rings. The molecule has 2 aliphatic rings. The van der Waals surface area contributed by atoms with Crippen LogP contribution in [0.15, 0.2) is 188 Å². The van der Waals surface area contributed by atoms with Gasteiger partial charge in [0.2, 0.25) is 0 Å². The highest BCUT2D eigenvalue weighted by Gasteiger charge is 2.53. The lowest BCUT2D eigenvalue weighted by Crippen LogP contribution is -2.28. The minimum absolute atomic E-state index is 0.528. The summed E-state index contributed by atoms with van der Waals surface area (Å²) < 4.78 is 2.37. The number of rotatable bonds is 4. The smallest absolute Gasteiger partial charge is 0.0746 e. The number of nitrogens with zero attached hydrogens (tertiary/aromatic N) is 2. The Labute approximate surface area is 307 Å². The Morgan fingerprint density at radius 1 is 0.423 bits per heavy atom. The van der Waals surface area contributed by atoms with Gasteiger partial charge < -0.3 is 9.47 Å². The lowest BCUT2D eigenvalue weighted by atomic mass is 9.70. The standard InChI is InChI=1S/C49H31ClN2/c50-32-29-41-38-21-9-13-25-44(38)49(42-23-11-7-19-36(42)37-20-8-12-24-43(37)49)48(41)47(30-32)51(33-15-3-1-4-16-33)35-27-28-46-40(31-35)39-22-10-14-26-45(39)52(46)34-17-5-2-6-18-34/h1-31H. The molecule has 0 saturated heterocycles. The molecule has 0 saturated carbocycles. The van der Waals surface area contributed by atoms with Crippen LogP contribution in [0.5, 0.6) is 0 Å². The molecular weight excluding hydrogens is 652 g/mol. The fourth-order valence-electron chi connectivity index (χ4n) is 9.31. The van der Waals surface area contributed by atoms with Crippen molar-refractivity contribution < 1.29 is 0 Å². The molecule has 0 N–H and O–H groups in total. The van der Waals surface area contributed by atoms with E-state index in [2.05, 4.69) is 198 Å². The van der Waals surface area contributed by atoms with E-state index in [9.17, 15) is 0 Å². The first kappa shape index (κ1) is 29.4. The molecule has 0 radical (unpaired) electrons. The molecule has 0 unspecified atom stereocenters. The van der Waals surface area contributed by atoms with Crippen LogP contribution < -0.4 is 4.90 Å². The monoisotopic (exact) mass is 682 g/mol. The molecular formula is C49H31ClN2. The van der Waals surface area contributed by atoms with E-state index in [0.29, 0.717) is 5.02 Å². The van der Waals surface area contributed by atoms with Crippen LogP contribution in [0.3, 0.4) is 0 Å². The molecule has 0 aliphatic heterocycles. The normalized spacial score (nSPS) is 13.2. The van der Waals surface area contributed by atoms with E-state index in [4.69, 9.17) is 11.6 Å². The van der Waals surface area contributed by atoms with E-state index < -0.39 is 5.41 Å². The summed E-state index contributed by atoms with van der Waals surface area (Å²) >= 11 is 7.22. The third-order valence-corrected chi connectivity index (χ3v) is 11.4. The molecule has 52 heavy (non-hydrogen) atoms. The molecule has 1 spiro atoms. The number of hydrogen-bond donors (Lipinski definition) is 0. The number of fused-ring (bicyclic) bond motifs is 13. The van der Waals surface area contributed by atoms with Gasteiger partial charge in [0, 0.05) is 38.4 Å². The van der Waals surface area contributed by atoms with Gasteiger partial charge in [-0.2, -0.15) is 0 Å². The van der Waals surface area contributed by atoms with Crippen LogP contribution in [0.4, 0.5) is 17.1 Å². The summed E-state index contributed by atoms with van der Waals surface area (Å²) in [6.45, 7) is 0. The summed E-state index contributed by atoms with van der Waals surface area (Å²) in [6.07, 6.45) is 0. The number of para-hydroxylation sites is 3. The second-order valence-electron chi connectivity index (χ2n) is 13.8. The van der Waals surface area contributed by atoms with Gasteiger partial charge in [0.15, 0.2) is 0 Å². The zero-order chi connectivity index (χ0) is 34.4. The van der Waals surface area contributed by atoms with Gasteiger partial charge in [-0.05, 0) is 99.6 Å². The predicted octanol–water partition coefficient (Wildman–Crippen LogP) is 13.3. The predicted molar refractivity (Wildman–Crippen MR) is 217 cm³/mol. The zero-order valence-electron chi connectivity index (χ0n) is 28.2. The van der Waals surface area contributed by atoms with Crippen LogP contribution in [-0.4, -0.2) is 4.57 Å². The fourth-order valence-corrected chi connectivity index (χ4v) is 9.52. The number of halogens is 1. The van der Waals surface area contributed by atoms with Gasteiger partial charge in [-0.15, -0.1) is 0 Å². The summed E-state index contributed by atoms with van der Waals surface area (Å²) in [5.41, 5.74) is 16.3. The van der Waals surface area contributed by atoms with Crippen LogP contribution in [-0.2, 0) is 5.41 Å². The van der Waals surface area contributed by atoms with E-state index in [0.717, 1.165) is 22.7 Å². The molecule has 1 aromatic heterocycles. The van der Waals surface area contributed by atoms with E-state index >= 15 is 0 Å². The average molecular weight is 683 g/mol. The molecule has 244 valence electrons. The molecule has 3 heteroatoms. The molecule has 2 aliphatic carbocycles. The zero-order valence-corrected chi connectivity index (χ0v) is 28.9. The number of hydrogen-bond acceptors (Lipinski definition) is 1. The third kappa shape index (κ3) is 3.90. The van der Waals surface area contributed by atoms with Crippen molar-refractivity contribution in [1.82, 2.24) is 4.57 Å². The van der Waals surface area contributed by atoms with Crippen molar-refractivity contribution in [2.75, 3.05) is 4.90 Å². The SMILES string of the molecule is Clc1cc2c(c(N(c3ccccc3)c3ccc4c(c3)c3ccccc3n4-c3ccccc3)c1)C1(c3ccccc3-c3ccccc31)c1ccccc1-2. The van der Waals surface area contributed by atoms with Gasteiger partial charge in [0.05, 0.1) is 22.1 Å². The molecule has 11 rings (SSSR count). The van der Waals surface area contributed by atoms with Crippen molar-refractivity contribution in [2.24, 2.45) is 0 Å². The number of benzene rings is 8. The maximum Gasteiger partial charge on any atom is 0.0746 e. The van der Waals surface area contributed by atoms with E-state index in [-0.39, 0.29) is 0 Å². The first-order valence-corrected chi connectivity index (χ1v) is 18.2. The lowest BCUT2D eigenvalue weighted by molar-refractivity contribution is 0.793. The summed E-state index contributed by atoms with van der Waals surface area (Å²) in [7, 11) is 0. The van der Waals surface area contributed by atoms with Crippen molar-refractivity contribution in [3.05, 3.63) is 215 Å². The topological polar surface area (TPSA) is 8.17 Å². The fraction of sp³-hybridized carbons (Fsp3) is 0.0204. The van der Waals surface area contributed by atoms with Gasteiger partial charge in [0.25, 0.3) is 0 Å². The maximum atomic E-state index is 7.22. The Morgan fingerprint density at radius 3 is 1.63 bits per heavy atom. The Morgan fingerprint density at radius 2 is 0.962 bits per heavy atom. The average Bonchev–Trinajstić information content (AvgIpc) is 3.80. The molecule has 2 nitrogen and oxygen atoms in total. The third-order valence-electron chi connectivity index (χ3n) is 11.2. The Bertz CT molecular complexity index is 2820. The summed E-state index contributed by atoms with van der Waals surface area (Å²) in [4.78, 5) is 2.43. The van der Waals surface area contributed by atoms with Crippen molar-refractivity contribution in [3.8, 4) is 27.9 Å². The van der Waals surface area contributed by atoms with Crippen LogP contribution in [0.25, 0.3) is 49.7 Å². The quantitative estimate of drug-likeness (QED) is 0.179. The highest BCUT2D eigenvalue weighted by atomic mass is 35.5. The molecule has 9 aromatic rings. The van der Waals surface area contributed by atoms with Crippen molar-refractivity contribution in [2.45, 2.75) is 5.41 Å². The summed E-state index contributed by atoms with van der Waals surface area (Å²) in [5, 5.41) is 3.13. The van der Waals surface area contributed by atoms with Crippen molar-refractivity contribution in [1.29, 1.82) is 0 Å². The summed E-state index contributed by atoms with van der Waals surface area (Å²) in [5.74, 6) is 0. The molecule has 1 heterocycles. The Kier molecular flexibility index (Phi) is 6.26. The lowest BCUT2D eigenvalue weighted by Gasteiger charge is -2.36. The molecule has 8 aromatic carbocycles. The Hall–Kier alpha value is -6.35. The van der Waals surface area contributed by atoms with Gasteiger partial charge in [-0.1, -0.05) is 139 Å². The molecule has 0 bridgehead atoms. The van der Waals surface area contributed by atoms with Crippen LogP contribution in [0, 0.1) is 0 Å². The van der Waals surface area contributed by atoms with Gasteiger partial charge in [-0.3, -0.25) is 0 Å². The first-order valence-electron chi connectivity index (χ1n) is 17.8. The minimum atomic E-state index is -0.528. The van der Waals surface area contributed by atoms with Gasteiger partial charge in [-0.25, -0.2) is 0 Å². The van der Waals surface area contributed by atoms with Gasteiger partial charge in [0.1, 0.15) is 0 Å². The van der Waals surface area contributed by atoms with Crippen molar-refractivity contribution in [3.63, 3.8) is 0 Å². The Balaban J connectivity index is 1.25. The first-order chi connectivity index (χ1) is 25.7. The maximum absolute atomic E-state index is 7.22. The van der Waals surface area contributed by atoms with Gasteiger partial charge >= 0.3 is 0 Å². The number of anilines is 3. The molecule has 0 atom stereocenters. The highest BCUT2D eigenvalue weighted by molar-refractivity contribution is 6.31. The summed E-state index contributed by atoms with van der Waals surface area (Å²) in [6, 6.07) is 68.2. The minimum Gasteiger partial charge on any atom is -0.310 e. The molecule has 0 amide bonds. The van der Waals surface area contributed by atoms with E-state index in [1.807, 2.05) is 0 Å². The van der Waals surface area contributed by atoms with E-state index in [1.165, 1.54) is 66.3 Å². The largest absolute Gasteiger partial charge is 0.310 e. The van der Waals surface area contributed by atoms with Crippen LogP contribution in [0.1, 0.15) is 22.3 Å².